The Hall–Kier alpha value is -1.85. The van der Waals surface area contributed by atoms with Crippen LogP contribution in [0.2, 0.25) is 0 Å². The Morgan fingerprint density at radius 1 is 1.36 bits per heavy atom. The first kappa shape index (κ1) is 18.2. The van der Waals surface area contributed by atoms with Crippen molar-refractivity contribution in [3.05, 3.63) is 53.3 Å². The van der Waals surface area contributed by atoms with Crippen molar-refractivity contribution in [3.8, 4) is 0 Å². The molecule has 0 aliphatic rings. The average Bonchev–Trinajstić information content (AvgIpc) is 2.81. The third-order valence-corrected chi connectivity index (χ3v) is 3.85. The number of hydrogen-bond donors (Lipinski definition) is 2. The van der Waals surface area contributed by atoms with E-state index in [1.165, 1.54) is 0 Å². The van der Waals surface area contributed by atoms with Gasteiger partial charge in [-0.1, -0.05) is 30.3 Å². The van der Waals surface area contributed by atoms with E-state index in [0.717, 1.165) is 16.8 Å². The molecule has 6 heteroatoms. The van der Waals surface area contributed by atoms with Gasteiger partial charge < -0.3 is 11.1 Å². The molecule has 2 unspecified atom stereocenters. The second-order valence-corrected chi connectivity index (χ2v) is 5.24. The molecule has 5 nitrogen and oxygen atoms in total. The fraction of sp³-hybridized carbons (Fsp3) is 0.375. The lowest BCUT2D eigenvalue weighted by Crippen LogP contribution is -2.35. The van der Waals surface area contributed by atoms with Gasteiger partial charge in [0.25, 0.3) is 0 Å². The van der Waals surface area contributed by atoms with E-state index in [2.05, 4.69) is 10.4 Å². The van der Waals surface area contributed by atoms with Gasteiger partial charge in [-0.25, -0.2) is 0 Å². The number of amides is 1. The SMILES string of the molecule is Cc1c(C(C)NC(=O)C(CN)c2ccccc2)cnn1C.Cl. The van der Waals surface area contributed by atoms with E-state index >= 15 is 0 Å². The Labute approximate surface area is 137 Å². The predicted octanol–water partition coefficient (Wildman–Crippen LogP) is 2.07. The fourth-order valence-corrected chi connectivity index (χ4v) is 2.41. The van der Waals surface area contributed by atoms with Gasteiger partial charge in [0.1, 0.15) is 0 Å². The highest BCUT2D eigenvalue weighted by atomic mass is 35.5. The number of hydrogen-bond acceptors (Lipinski definition) is 3. The van der Waals surface area contributed by atoms with E-state index in [1.807, 2.05) is 51.2 Å². The van der Waals surface area contributed by atoms with Crippen LogP contribution in [0.1, 0.15) is 35.7 Å². The van der Waals surface area contributed by atoms with Gasteiger partial charge in [-0.15, -0.1) is 12.4 Å². The van der Waals surface area contributed by atoms with Crippen LogP contribution >= 0.6 is 12.4 Å². The number of halogens is 1. The second-order valence-electron chi connectivity index (χ2n) is 5.24. The number of nitrogens with one attached hydrogen (secondary N) is 1. The van der Waals surface area contributed by atoms with E-state index < -0.39 is 0 Å². The maximum atomic E-state index is 12.5. The molecule has 22 heavy (non-hydrogen) atoms. The number of rotatable bonds is 5. The zero-order chi connectivity index (χ0) is 15.4. The van der Waals surface area contributed by atoms with E-state index in [-0.39, 0.29) is 36.8 Å². The summed E-state index contributed by atoms with van der Waals surface area (Å²) >= 11 is 0. The van der Waals surface area contributed by atoms with Crippen molar-refractivity contribution < 1.29 is 4.79 Å². The highest BCUT2D eigenvalue weighted by molar-refractivity contribution is 5.85. The summed E-state index contributed by atoms with van der Waals surface area (Å²) in [6.45, 7) is 4.23. The highest BCUT2D eigenvalue weighted by Gasteiger charge is 2.22. The summed E-state index contributed by atoms with van der Waals surface area (Å²) in [4.78, 5) is 12.5. The van der Waals surface area contributed by atoms with E-state index in [0.29, 0.717) is 0 Å². The Morgan fingerprint density at radius 2 is 2.00 bits per heavy atom. The molecule has 0 aliphatic carbocycles. The van der Waals surface area contributed by atoms with Gasteiger partial charge in [0, 0.05) is 24.8 Å². The minimum absolute atomic E-state index is 0. The summed E-state index contributed by atoms with van der Waals surface area (Å²) < 4.78 is 1.80. The predicted molar refractivity (Wildman–Crippen MR) is 90.0 cm³/mol. The molecule has 2 aromatic rings. The molecule has 1 aromatic carbocycles. The van der Waals surface area contributed by atoms with Crippen molar-refractivity contribution >= 4 is 18.3 Å². The van der Waals surface area contributed by atoms with Crippen LogP contribution in [0.5, 0.6) is 0 Å². The first-order chi connectivity index (χ1) is 10.0. The maximum absolute atomic E-state index is 12.5. The van der Waals surface area contributed by atoms with Crippen LogP contribution in [0.25, 0.3) is 0 Å². The van der Waals surface area contributed by atoms with Crippen molar-refractivity contribution in [1.82, 2.24) is 15.1 Å². The van der Waals surface area contributed by atoms with E-state index in [1.54, 1.807) is 10.9 Å². The lowest BCUT2D eigenvalue weighted by Gasteiger charge is -2.19. The molecular weight excluding hydrogens is 300 g/mol. The molecule has 120 valence electrons. The minimum Gasteiger partial charge on any atom is -0.349 e. The molecule has 2 atom stereocenters. The van der Waals surface area contributed by atoms with Crippen LogP contribution in [-0.4, -0.2) is 22.2 Å². The average molecular weight is 323 g/mol. The topological polar surface area (TPSA) is 72.9 Å². The molecule has 0 saturated carbocycles. The van der Waals surface area contributed by atoms with Crippen LogP contribution < -0.4 is 11.1 Å². The summed E-state index contributed by atoms with van der Waals surface area (Å²) in [5.41, 5.74) is 8.79. The number of carbonyl (C=O) groups excluding carboxylic acids is 1. The number of benzene rings is 1. The Kier molecular flexibility index (Phi) is 6.59. The highest BCUT2D eigenvalue weighted by Crippen LogP contribution is 2.19. The Balaban J connectivity index is 0.00000242. The van der Waals surface area contributed by atoms with Gasteiger partial charge in [-0.3, -0.25) is 9.48 Å². The maximum Gasteiger partial charge on any atom is 0.229 e. The molecule has 1 aromatic heterocycles. The lowest BCUT2D eigenvalue weighted by molar-refractivity contribution is -0.123. The lowest BCUT2D eigenvalue weighted by atomic mass is 9.97. The fourth-order valence-electron chi connectivity index (χ4n) is 2.41. The summed E-state index contributed by atoms with van der Waals surface area (Å²) in [7, 11) is 1.89. The van der Waals surface area contributed by atoms with E-state index in [9.17, 15) is 4.79 Å². The molecule has 2 rings (SSSR count). The summed E-state index contributed by atoms with van der Waals surface area (Å²) in [6, 6.07) is 9.52. The van der Waals surface area contributed by atoms with Gasteiger partial charge in [-0.2, -0.15) is 5.10 Å². The third-order valence-electron chi connectivity index (χ3n) is 3.85. The molecule has 0 radical (unpaired) electrons. The van der Waals surface area contributed by atoms with Crippen LogP contribution in [-0.2, 0) is 11.8 Å². The zero-order valence-electron chi connectivity index (χ0n) is 13.1. The summed E-state index contributed by atoms with van der Waals surface area (Å²) in [6.07, 6.45) is 1.79. The van der Waals surface area contributed by atoms with Crippen LogP contribution in [0.15, 0.2) is 36.5 Å². The van der Waals surface area contributed by atoms with Crippen molar-refractivity contribution in [2.24, 2.45) is 12.8 Å². The normalized spacial score (nSPS) is 13.1. The first-order valence-corrected chi connectivity index (χ1v) is 7.08. The van der Waals surface area contributed by atoms with Gasteiger partial charge in [-0.05, 0) is 19.4 Å². The Morgan fingerprint density at radius 3 is 2.50 bits per heavy atom. The molecule has 0 spiro atoms. The van der Waals surface area contributed by atoms with Crippen molar-refractivity contribution in [2.75, 3.05) is 6.54 Å². The summed E-state index contributed by atoms with van der Waals surface area (Å²) in [5, 5.41) is 7.24. The molecule has 1 heterocycles. The smallest absolute Gasteiger partial charge is 0.229 e. The van der Waals surface area contributed by atoms with Gasteiger partial charge in [0.05, 0.1) is 18.2 Å². The number of aromatic nitrogens is 2. The van der Waals surface area contributed by atoms with Crippen molar-refractivity contribution in [3.63, 3.8) is 0 Å². The molecule has 0 bridgehead atoms. The molecule has 3 N–H and O–H groups in total. The molecule has 0 saturated heterocycles. The van der Waals surface area contributed by atoms with Gasteiger partial charge in [0.15, 0.2) is 0 Å². The van der Waals surface area contributed by atoms with Gasteiger partial charge >= 0.3 is 0 Å². The minimum atomic E-state index is -0.328. The quantitative estimate of drug-likeness (QED) is 0.885. The summed E-state index contributed by atoms with van der Waals surface area (Å²) in [5.74, 6) is -0.384. The standard InChI is InChI=1S/C16H22N4O.ClH/c1-11(15-10-18-20(3)12(15)2)19-16(21)14(9-17)13-7-5-4-6-8-13;/h4-8,10-11,14H,9,17H2,1-3H3,(H,19,21);1H. The molecule has 1 amide bonds. The molecular formula is C16H23ClN4O. The van der Waals surface area contributed by atoms with Crippen LogP contribution in [0.3, 0.4) is 0 Å². The largest absolute Gasteiger partial charge is 0.349 e. The Bertz CT molecular complexity index is 612. The number of nitrogens with two attached hydrogens (primary N) is 1. The number of aryl methyl sites for hydroxylation is 1. The van der Waals surface area contributed by atoms with Crippen LogP contribution in [0.4, 0.5) is 0 Å². The number of carbonyl (C=O) groups is 1. The first-order valence-electron chi connectivity index (χ1n) is 7.08. The second kappa shape index (κ2) is 7.96. The van der Waals surface area contributed by atoms with Crippen LogP contribution in [0, 0.1) is 6.92 Å². The van der Waals surface area contributed by atoms with Crippen molar-refractivity contribution in [2.45, 2.75) is 25.8 Å². The van der Waals surface area contributed by atoms with E-state index in [4.69, 9.17) is 5.73 Å². The van der Waals surface area contributed by atoms with Crippen molar-refractivity contribution in [1.29, 1.82) is 0 Å². The number of nitrogens with zero attached hydrogens (tertiary/aromatic N) is 2. The monoisotopic (exact) mass is 322 g/mol. The van der Waals surface area contributed by atoms with Gasteiger partial charge in [0.2, 0.25) is 5.91 Å². The third kappa shape index (κ3) is 3.87. The molecule has 0 aliphatic heterocycles. The zero-order valence-corrected chi connectivity index (χ0v) is 13.9. The molecule has 0 fully saturated rings.